The summed E-state index contributed by atoms with van der Waals surface area (Å²) in [5.74, 6) is 1.39. The molecular formula is C16H17ClN4O2. The third kappa shape index (κ3) is 3.53. The predicted molar refractivity (Wildman–Crippen MR) is 87.1 cm³/mol. The van der Waals surface area contributed by atoms with Crippen molar-refractivity contribution < 1.29 is 9.32 Å². The fourth-order valence-corrected chi connectivity index (χ4v) is 2.68. The minimum atomic E-state index is -0.0627. The van der Waals surface area contributed by atoms with Crippen molar-refractivity contribution >= 4 is 28.5 Å². The number of aromatic nitrogens is 3. The zero-order valence-corrected chi connectivity index (χ0v) is 13.5. The van der Waals surface area contributed by atoms with E-state index in [4.69, 9.17) is 16.1 Å². The van der Waals surface area contributed by atoms with Gasteiger partial charge in [0.2, 0.25) is 5.91 Å². The van der Waals surface area contributed by atoms with Crippen molar-refractivity contribution in [3.63, 3.8) is 0 Å². The number of nitrogens with one attached hydrogen (secondary N) is 1. The molecule has 6 nitrogen and oxygen atoms in total. The van der Waals surface area contributed by atoms with E-state index in [0.29, 0.717) is 30.3 Å². The highest BCUT2D eigenvalue weighted by Crippen LogP contribution is 2.16. The quantitative estimate of drug-likeness (QED) is 0.753. The molecule has 0 aliphatic heterocycles. The maximum atomic E-state index is 12.0. The van der Waals surface area contributed by atoms with E-state index >= 15 is 0 Å². The number of amides is 1. The van der Waals surface area contributed by atoms with Crippen molar-refractivity contribution in [3.05, 3.63) is 47.1 Å². The van der Waals surface area contributed by atoms with Gasteiger partial charge in [-0.05, 0) is 19.1 Å². The Morgan fingerprint density at radius 1 is 1.39 bits per heavy atom. The molecule has 1 amide bonds. The van der Waals surface area contributed by atoms with Crippen LogP contribution in [0.2, 0.25) is 5.15 Å². The standard InChI is InChI=1S/C16H17ClN4O2/c1-2-21-13-6-4-3-5-12(13)19-15(21)10-18-16(22)8-7-11-9-14(17)20-23-11/h3-6,9H,2,7-8,10H2,1H3,(H,18,22). The van der Waals surface area contributed by atoms with Gasteiger partial charge in [-0.1, -0.05) is 28.9 Å². The van der Waals surface area contributed by atoms with Gasteiger partial charge in [-0.3, -0.25) is 4.79 Å². The van der Waals surface area contributed by atoms with Crippen LogP contribution in [0, 0.1) is 0 Å². The average molecular weight is 333 g/mol. The van der Waals surface area contributed by atoms with Crippen LogP contribution in [0.3, 0.4) is 0 Å². The minimum Gasteiger partial charge on any atom is -0.360 e. The summed E-state index contributed by atoms with van der Waals surface area (Å²) in [6.45, 7) is 3.27. The summed E-state index contributed by atoms with van der Waals surface area (Å²) in [5.41, 5.74) is 2.02. The summed E-state index contributed by atoms with van der Waals surface area (Å²) in [6, 6.07) is 9.57. The normalized spacial score (nSPS) is 11.0. The lowest BCUT2D eigenvalue weighted by Gasteiger charge is -2.07. The van der Waals surface area contributed by atoms with Crippen LogP contribution in [0.1, 0.15) is 24.9 Å². The van der Waals surface area contributed by atoms with Crippen molar-refractivity contribution in [3.8, 4) is 0 Å². The van der Waals surface area contributed by atoms with Crippen LogP contribution in [-0.4, -0.2) is 20.6 Å². The average Bonchev–Trinajstić information content (AvgIpc) is 3.13. The number of fused-ring (bicyclic) bond motifs is 1. The molecule has 2 aromatic heterocycles. The maximum Gasteiger partial charge on any atom is 0.220 e. The molecule has 0 spiro atoms. The molecule has 0 unspecified atom stereocenters. The van der Waals surface area contributed by atoms with E-state index in [9.17, 15) is 4.79 Å². The third-order valence-corrected chi connectivity index (χ3v) is 3.80. The van der Waals surface area contributed by atoms with Crippen molar-refractivity contribution in [2.24, 2.45) is 0 Å². The van der Waals surface area contributed by atoms with Gasteiger partial charge in [0.25, 0.3) is 0 Å². The van der Waals surface area contributed by atoms with Crippen LogP contribution in [0.25, 0.3) is 11.0 Å². The van der Waals surface area contributed by atoms with Gasteiger partial charge in [-0.2, -0.15) is 0 Å². The van der Waals surface area contributed by atoms with Crippen molar-refractivity contribution in [1.82, 2.24) is 20.0 Å². The number of benzene rings is 1. The monoisotopic (exact) mass is 332 g/mol. The van der Waals surface area contributed by atoms with Crippen LogP contribution in [0.4, 0.5) is 0 Å². The van der Waals surface area contributed by atoms with Crippen LogP contribution < -0.4 is 5.32 Å². The first-order valence-electron chi connectivity index (χ1n) is 7.49. The summed E-state index contributed by atoms with van der Waals surface area (Å²) in [6.07, 6.45) is 0.785. The number of hydrogen-bond donors (Lipinski definition) is 1. The van der Waals surface area contributed by atoms with E-state index in [1.165, 1.54) is 0 Å². The molecule has 0 fully saturated rings. The van der Waals surface area contributed by atoms with Gasteiger partial charge in [0, 0.05) is 25.5 Å². The Morgan fingerprint density at radius 2 is 2.22 bits per heavy atom. The molecule has 0 radical (unpaired) electrons. The highest BCUT2D eigenvalue weighted by Gasteiger charge is 2.11. The van der Waals surface area contributed by atoms with Gasteiger partial charge in [-0.25, -0.2) is 4.98 Å². The number of halogens is 1. The van der Waals surface area contributed by atoms with Gasteiger partial charge in [-0.15, -0.1) is 0 Å². The molecule has 1 aromatic carbocycles. The van der Waals surface area contributed by atoms with Crippen molar-refractivity contribution in [1.29, 1.82) is 0 Å². The zero-order valence-electron chi connectivity index (χ0n) is 12.8. The Kier molecular flexibility index (Phi) is 4.62. The predicted octanol–water partition coefficient (Wildman–Crippen LogP) is 2.95. The molecule has 2 heterocycles. The molecule has 120 valence electrons. The second kappa shape index (κ2) is 6.83. The van der Waals surface area contributed by atoms with Crippen molar-refractivity contribution in [2.45, 2.75) is 32.9 Å². The largest absolute Gasteiger partial charge is 0.360 e. The van der Waals surface area contributed by atoms with Gasteiger partial charge in [0.15, 0.2) is 5.15 Å². The summed E-state index contributed by atoms with van der Waals surface area (Å²) >= 11 is 5.67. The second-order valence-electron chi connectivity index (χ2n) is 5.15. The van der Waals surface area contributed by atoms with Gasteiger partial charge in [0.05, 0.1) is 17.6 Å². The Bertz CT molecular complexity index is 824. The molecule has 3 aromatic rings. The van der Waals surface area contributed by atoms with E-state index in [2.05, 4.69) is 26.9 Å². The van der Waals surface area contributed by atoms with Gasteiger partial charge < -0.3 is 14.4 Å². The molecule has 0 atom stereocenters. The first kappa shape index (κ1) is 15.6. The summed E-state index contributed by atoms with van der Waals surface area (Å²) in [5, 5.41) is 6.78. The lowest BCUT2D eigenvalue weighted by Crippen LogP contribution is -2.24. The van der Waals surface area contributed by atoms with Crippen LogP contribution in [0.15, 0.2) is 34.9 Å². The molecule has 7 heteroatoms. The third-order valence-electron chi connectivity index (χ3n) is 3.62. The van der Waals surface area contributed by atoms with Crippen molar-refractivity contribution in [2.75, 3.05) is 0 Å². The fourth-order valence-electron chi connectivity index (χ4n) is 2.52. The maximum absolute atomic E-state index is 12.0. The van der Waals surface area contributed by atoms with E-state index in [1.807, 2.05) is 24.3 Å². The number of para-hydroxylation sites is 2. The number of imidazole rings is 1. The van der Waals surface area contributed by atoms with Crippen LogP contribution in [-0.2, 0) is 24.3 Å². The number of rotatable bonds is 6. The molecule has 1 N–H and O–H groups in total. The SMILES string of the molecule is CCn1c(CNC(=O)CCc2cc(Cl)no2)nc2ccccc21. The summed E-state index contributed by atoms with van der Waals surface area (Å²) < 4.78 is 7.08. The van der Waals surface area contributed by atoms with E-state index in [1.54, 1.807) is 6.07 Å². The Balaban J connectivity index is 1.60. The second-order valence-corrected chi connectivity index (χ2v) is 5.54. The van der Waals surface area contributed by atoms with Gasteiger partial charge in [0.1, 0.15) is 11.6 Å². The molecule has 3 rings (SSSR count). The smallest absolute Gasteiger partial charge is 0.220 e. The van der Waals surface area contributed by atoms with Crippen LogP contribution >= 0.6 is 11.6 Å². The molecular weight excluding hydrogens is 316 g/mol. The lowest BCUT2D eigenvalue weighted by molar-refractivity contribution is -0.121. The van der Waals surface area contributed by atoms with E-state index in [0.717, 1.165) is 23.4 Å². The molecule has 0 saturated heterocycles. The summed E-state index contributed by atoms with van der Waals surface area (Å²) in [7, 11) is 0. The summed E-state index contributed by atoms with van der Waals surface area (Å²) in [4.78, 5) is 16.5. The zero-order chi connectivity index (χ0) is 16.2. The van der Waals surface area contributed by atoms with Gasteiger partial charge >= 0.3 is 0 Å². The topological polar surface area (TPSA) is 73.0 Å². The first-order valence-corrected chi connectivity index (χ1v) is 7.87. The Labute approximate surface area is 138 Å². The van der Waals surface area contributed by atoms with E-state index in [-0.39, 0.29) is 5.91 Å². The lowest BCUT2D eigenvalue weighted by atomic mass is 10.2. The fraction of sp³-hybridized carbons (Fsp3) is 0.312. The number of carbonyl (C=O) groups is 1. The number of hydrogen-bond acceptors (Lipinski definition) is 4. The minimum absolute atomic E-state index is 0.0627. The highest BCUT2D eigenvalue weighted by atomic mass is 35.5. The molecule has 0 bridgehead atoms. The number of nitrogens with zero attached hydrogens (tertiary/aromatic N) is 3. The Hall–Kier alpha value is -2.34. The molecule has 0 aliphatic rings. The molecule has 0 saturated carbocycles. The number of carbonyl (C=O) groups excluding carboxylic acids is 1. The number of aryl methyl sites for hydroxylation is 2. The Morgan fingerprint density at radius 3 is 2.96 bits per heavy atom. The molecule has 23 heavy (non-hydrogen) atoms. The molecule has 0 aliphatic carbocycles. The first-order chi connectivity index (χ1) is 11.2. The van der Waals surface area contributed by atoms with E-state index < -0.39 is 0 Å². The van der Waals surface area contributed by atoms with Crippen LogP contribution in [0.5, 0.6) is 0 Å². The highest BCUT2D eigenvalue weighted by molar-refractivity contribution is 6.29.